The molecule has 0 bridgehead atoms. The zero-order valence-corrected chi connectivity index (χ0v) is 13.9. The molecule has 2 aromatic rings. The van der Waals surface area contributed by atoms with Gasteiger partial charge in [0.25, 0.3) is 17.5 Å². The third-order valence-corrected chi connectivity index (χ3v) is 3.99. The minimum Gasteiger partial charge on any atom is -0.506 e. The molecule has 11 nitrogen and oxygen atoms in total. The zero-order valence-electron chi connectivity index (χ0n) is 13.9. The fraction of sp³-hybridized carbons (Fsp3) is 0.0588. The first-order valence-electron chi connectivity index (χ1n) is 7.70. The summed E-state index contributed by atoms with van der Waals surface area (Å²) in [4.78, 5) is 58.4. The van der Waals surface area contributed by atoms with Crippen molar-refractivity contribution < 1.29 is 34.3 Å². The van der Waals surface area contributed by atoms with Gasteiger partial charge in [0.05, 0.1) is 27.3 Å². The van der Waals surface area contributed by atoms with Crippen LogP contribution in [0.2, 0.25) is 0 Å². The van der Waals surface area contributed by atoms with Crippen molar-refractivity contribution in [1.82, 2.24) is 4.90 Å². The molecule has 0 unspecified atom stereocenters. The number of imide groups is 1. The van der Waals surface area contributed by atoms with Crippen LogP contribution in [0.25, 0.3) is 0 Å². The molecule has 3 amide bonds. The molecule has 0 aromatic heterocycles. The molecule has 28 heavy (non-hydrogen) atoms. The zero-order chi connectivity index (χ0) is 20.6. The van der Waals surface area contributed by atoms with E-state index in [1.54, 1.807) is 0 Å². The number of carbonyl (C=O) groups excluding carboxylic acids is 3. The highest BCUT2D eigenvalue weighted by Gasteiger charge is 2.37. The van der Waals surface area contributed by atoms with E-state index in [0.717, 1.165) is 36.4 Å². The van der Waals surface area contributed by atoms with Crippen LogP contribution in [0.5, 0.6) is 5.75 Å². The lowest BCUT2D eigenvalue weighted by Crippen LogP contribution is -2.37. The molecule has 3 N–H and O–H groups in total. The molecular formula is C17H11N3O8. The minimum atomic E-state index is -1.27. The van der Waals surface area contributed by atoms with Gasteiger partial charge < -0.3 is 15.5 Å². The van der Waals surface area contributed by atoms with Gasteiger partial charge in [0.2, 0.25) is 5.91 Å². The van der Waals surface area contributed by atoms with Crippen LogP contribution >= 0.6 is 0 Å². The van der Waals surface area contributed by atoms with Gasteiger partial charge in [-0.15, -0.1) is 0 Å². The van der Waals surface area contributed by atoms with Crippen LogP contribution in [-0.2, 0) is 4.79 Å². The van der Waals surface area contributed by atoms with E-state index >= 15 is 0 Å². The number of aromatic hydroxyl groups is 1. The third kappa shape index (κ3) is 3.23. The van der Waals surface area contributed by atoms with Crippen LogP contribution < -0.4 is 5.32 Å². The fourth-order valence-corrected chi connectivity index (χ4v) is 2.64. The van der Waals surface area contributed by atoms with Crippen molar-refractivity contribution in [2.75, 3.05) is 11.9 Å². The number of benzene rings is 2. The van der Waals surface area contributed by atoms with Crippen molar-refractivity contribution in [3.8, 4) is 5.75 Å². The van der Waals surface area contributed by atoms with Gasteiger partial charge in [-0.25, -0.2) is 4.79 Å². The molecule has 0 atom stereocenters. The predicted molar refractivity (Wildman–Crippen MR) is 92.2 cm³/mol. The molecular weight excluding hydrogens is 374 g/mol. The van der Waals surface area contributed by atoms with Gasteiger partial charge in [0.1, 0.15) is 12.3 Å². The summed E-state index contributed by atoms with van der Waals surface area (Å²) >= 11 is 0. The smallest absolute Gasteiger partial charge is 0.335 e. The summed E-state index contributed by atoms with van der Waals surface area (Å²) in [5.74, 6) is -4.25. The first kappa shape index (κ1) is 18.5. The van der Waals surface area contributed by atoms with E-state index in [2.05, 4.69) is 5.32 Å². The molecule has 0 radical (unpaired) electrons. The van der Waals surface area contributed by atoms with Crippen molar-refractivity contribution in [2.45, 2.75) is 0 Å². The fourth-order valence-electron chi connectivity index (χ4n) is 2.64. The Balaban J connectivity index is 1.76. The van der Waals surface area contributed by atoms with Crippen molar-refractivity contribution in [1.29, 1.82) is 0 Å². The molecule has 3 rings (SSSR count). The molecule has 0 saturated carbocycles. The van der Waals surface area contributed by atoms with Crippen LogP contribution in [-0.4, -0.2) is 50.3 Å². The second-order valence-corrected chi connectivity index (χ2v) is 5.77. The van der Waals surface area contributed by atoms with Crippen molar-refractivity contribution in [3.05, 3.63) is 63.2 Å². The van der Waals surface area contributed by atoms with E-state index in [0.29, 0.717) is 4.90 Å². The number of nitrogens with one attached hydrogen (secondary N) is 1. The molecule has 0 spiro atoms. The lowest BCUT2D eigenvalue weighted by atomic mass is 10.1. The highest BCUT2D eigenvalue weighted by atomic mass is 16.6. The average Bonchev–Trinajstić information content (AvgIpc) is 2.87. The number of anilines is 1. The largest absolute Gasteiger partial charge is 0.506 e. The number of carboxylic acid groups (broad SMARTS) is 1. The molecule has 2 aromatic carbocycles. The maximum atomic E-state index is 12.3. The maximum Gasteiger partial charge on any atom is 0.335 e. The standard InChI is InChI=1S/C17H11N3O8/c21-13-5-8(17(25)26)1-4-12(13)18-14(22)7-19-15(23)10-3-2-9(20(27)28)6-11(10)16(19)24/h1-6,21H,7H2,(H,18,22)(H,25,26). The summed E-state index contributed by atoms with van der Waals surface area (Å²) in [5.41, 5.74) is -0.910. The number of hydrogen-bond donors (Lipinski definition) is 3. The van der Waals surface area contributed by atoms with Gasteiger partial charge in [-0.3, -0.25) is 29.4 Å². The summed E-state index contributed by atoms with van der Waals surface area (Å²) in [6.07, 6.45) is 0. The number of aromatic carboxylic acids is 1. The highest BCUT2D eigenvalue weighted by Crippen LogP contribution is 2.27. The second kappa shape index (κ2) is 6.79. The van der Waals surface area contributed by atoms with Crippen LogP contribution in [0.15, 0.2) is 36.4 Å². The summed E-state index contributed by atoms with van der Waals surface area (Å²) in [6.45, 7) is -0.694. The van der Waals surface area contributed by atoms with Crippen LogP contribution in [0.4, 0.5) is 11.4 Å². The molecule has 142 valence electrons. The molecule has 11 heteroatoms. The Morgan fingerprint density at radius 3 is 2.36 bits per heavy atom. The molecule has 0 aliphatic carbocycles. The Morgan fingerprint density at radius 1 is 1.07 bits per heavy atom. The topological polar surface area (TPSA) is 167 Å². The normalized spacial score (nSPS) is 12.6. The number of non-ortho nitro benzene ring substituents is 1. The van der Waals surface area contributed by atoms with Gasteiger partial charge in [-0.05, 0) is 24.3 Å². The van der Waals surface area contributed by atoms with Crippen molar-refractivity contribution >= 4 is 35.1 Å². The Bertz CT molecular complexity index is 1060. The summed E-state index contributed by atoms with van der Waals surface area (Å²) in [7, 11) is 0. The minimum absolute atomic E-state index is 0.0583. The predicted octanol–water partition coefficient (Wildman–Crippen LogP) is 1.23. The summed E-state index contributed by atoms with van der Waals surface area (Å²) in [6, 6.07) is 6.42. The number of carbonyl (C=O) groups is 4. The number of rotatable bonds is 5. The molecule has 0 saturated heterocycles. The van der Waals surface area contributed by atoms with E-state index in [1.165, 1.54) is 0 Å². The van der Waals surface area contributed by atoms with Gasteiger partial charge >= 0.3 is 5.97 Å². The van der Waals surface area contributed by atoms with Crippen LogP contribution in [0.3, 0.4) is 0 Å². The highest BCUT2D eigenvalue weighted by molar-refractivity contribution is 6.23. The van der Waals surface area contributed by atoms with Gasteiger partial charge in [-0.1, -0.05) is 0 Å². The van der Waals surface area contributed by atoms with E-state index in [-0.39, 0.29) is 28.1 Å². The quantitative estimate of drug-likeness (QED) is 0.299. The number of phenolic OH excluding ortho intramolecular Hbond substituents is 1. The van der Waals surface area contributed by atoms with Gasteiger partial charge in [0, 0.05) is 12.1 Å². The van der Waals surface area contributed by atoms with E-state index in [9.17, 15) is 34.4 Å². The SMILES string of the molecule is O=C(CN1C(=O)c2ccc([N+](=O)[O-])cc2C1=O)Nc1ccc(C(=O)O)cc1O. The number of amides is 3. The number of nitro benzene ring substituents is 1. The van der Waals surface area contributed by atoms with Crippen molar-refractivity contribution in [2.24, 2.45) is 0 Å². The third-order valence-electron chi connectivity index (χ3n) is 3.99. The Labute approximate surface area is 156 Å². The number of fused-ring (bicyclic) bond motifs is 1. The Kier molecular flexibility index (Phi) is 4.49. The first-order valence-corrected chi connectivity index (χ1v) is 7.70. The summed E-state index contributed by atoms with van der Waals surface area (Å²) in [5, 5.41) is 31.7. The summed E-state index contributed by atoms with van der Waals surface area (Å²) < 4.78 is 0. The average molecular weight is 385 g/mol. The van der Waals surface area contributed by atoms with Crippen LogP contribution in [0, 0.1) is 10.1 Å². The molecule has 1 heterocycles. The van der Waals surface area contributed by atoms with Gasteiger partial charge in [0.15, 0.2) is 0 Å². The second-order valence-electron chi connectivity index (χ2n) is 5.77. The number of nitrogens with zero attached hydrogens (tertiary/aromatic N) is 2. The van der Waals surface area contributed by atoms with Crippen molar-refractivity contribution in [3.63, 3.8) is 0 Å². The van der Waals surface area contributed by atoms with E-state index in [4.69, 9.17) is 5.11 Å². The monoisotopic (exact) mass is 385 g/mol. The lowest BCUT2D eigenvalue weighted by molar-refractivity contribution is -0.384. The molecule has 0 fully saturated rings. The molecule has 1 aliphatic heterocycles. The number of phenols is 1. The Morgan fingerprint density at radius 2 is 1.75 bits per heavy atom. The maximum absolute atomic E-state index is 12.3. The van der Waals surface area contributed by atoms with E-state index in [1.807, 2.05) is 0 Å². The lowest BCUT2D eigenvalue weighted by Gasteiger charge is -2.14. The van der Waals surface area contributed by atoms with Gasteiger partial charge in [-0.2, -0.15) is 0 Å². The number of nitro groups is 1. The number of carboxylic acids is 1. The molecule has 1 aliphatic rings. The first-order chi connectivity index (χ1) is 13.2. The number of hydrogen-bond acceptors (Lipinski definition) is 7. The van der Waals surface area contributed by atoms with E-state index < -0.39 is 40.9 Å². The van der Waals surface area contributed by atoms with Crippen LogP contribution in [0.1, 0.15) is 31.1 Å². The Hall–Kier alpha value is -4.28.